The minimum atomic E-state index is -1.14. The fraction of sp³-hybridized carbons (Fsp3) is 0.158. The Morgan fingerprint density at radius 1 is 1.23 bits per heavy atom. The van der Waals surface area contributed by atoms with Crippen LogP contribution in [0.25, 0.3) is 10.9 Å². The molecule has 0 spiro atoms. The van der Waals surface area contributed by atoms with Crippen molar-refractivity contribution in [3.05, 3.63) is 65.7 Å². The quantitative estimate of drug-likeness (QED) is 0.444. The van der Waals surface area contributed by atoms with Crippen molar-refractivity contribution in [1.82, 2.24) is 9.66 Å². The molecule has 30 heavy (non-hydrogen) atoms. The van der Waals surface area contributed by atoms with E-state index in [1.165, 1.54) is 6.21 Å². The number of carbonyl (C=O) groups is 1. The lowest BCUT2D eigenvalue weighted by atomic mass is 10.2. The lowest BCUT2D eigenvalue weighted by Gasteiger charge is -2.15. The molecule has 11 heteroatoms. The summed E-state index contributed by atoms with van der Waals surface area (Å²) >= 11 is 6.73. The first-order chi connectivity index (χ1) is 14.3. The maximum Gasteiger partial charge on any atom is 0.349 e. The molecule has 0 aliphatic carbocycles. The summed E-state index contributed by atoms with van der Waals surface area (Å²) in [6.45, 7) is 1.51. The highest BCUT2D eigenvalue weighted by molar-refractivity contribution is 9.13. The molecule has 156 valence electrons. The molecule has 2 aromatic carbocycles. The summed E-state index contributed by atoms with van der Waals surface area (Å²) in [5.41, 5.74) is -0.363. The van der Waals surface area contributed by atoms with Gasteiger partial charge < -0.3 is 19.6 Å². The molecule has 0 aliphatic heterocycles. The molecule has 0 amide bonds. The summed E-state index contributed by atoms with van der Waals surface area (Å²) in [6, 6.07) is 8.18. The predicted octanol–water partition coefficient (Wildman–Crippen LogP) is 2.96. The van der Waals surface area contributed by atoms with E-state index in [4.69, 9.17) is 14.6 Å². The topological polar surface area (TPSA) is 123 Å². The summed E-state index contributed by atoms with van der Waals surface area (Å²) in [4.78, 5) is 38.3. The van der Waals surface area contributed by atoms with E-state index in [1.807, 2.05) is 0 Å². The summed E-state index contributed by atoms with van der Waals surface area (Å²) in [7, 11) is 0. The number of carboxylic acid groups (broad SMARTS) is 1. The zero-order valence-electron chi connectivity index (χ0n) is 15.5. The van der Waals surface area contributed by atoms with Gasteiger partial charge in [-0.3, -0.25) is 4.79 Å². The smallest absolute Gasteiger partial charge is 0.349 e. The third-order valence-corrected chi connectivity index (χ3v) is 6.03. The lowest BCUT2D eigenvalue weighted by molar-refractivity contribution is -0.139. The molecule has 0 bridgehead atoms. The number of rotatable bonds is 7. The monoisotopic (exact) mass is 539 g/mol. The van der Waals surface area contributed by atoms with E-state index in [-0.39, 0.29) is 11.5 Å². The van der Waals surface area contributed by atoms with Crippen molar-refractivity contribution in [3.8, 4) is 11.5 Å². The number of benzene rings is 2. The number of H-pyrrole nitrogens is 1. The Bertz CT molecular complexity index is 1270. The van der Waals surface area contributed by atoms with E-state index < -0.39 is 23.8 Å². The second kappa shape index (κ2) is 9.26. The molecule has 0 aliphatic rings. The van der Waals surface area contributed by atoms with Gasteiger partial charge in [-0.25, -0.2) is 9.59 Å². The maximum absolute atomic E-state index is 12.6. The number of aliphatic carboxylic acids is 1. The van der Waals surface area contributed by atoms with Crippen LogP contribution in [-0.4, -0.2) is 40.2 Å². The first-order valence-corrected chi connectivity index (χ1v) is 10.2. The van der Waals surface area contributed by atoms with Gasteiger partial charge >= 0.3 is 11.7 Å². The van der Waals surface area contributed by atoms with Gasteiger partial charge in [0.05, 0.1) is 28.2 Å². The molecule has 0 saturated carbocycles. The van der Waals surface area contributed by atoms with Crippen LogP contribution in [0.15, 0.2) is 54.0 Å². The average Bonchev–Trinajstić information content (AvgIpc) is 2.71. The number of aromatic nitrogens is 2. The SMILES string of the molecule is CCOc1cc(C=Nn2c(=O)[nH]c3ccccc3c2=O)c(Br)c(Br)c1OCC(=O)O. The molecular formula is C19H15Br2N3O6. The molecular weight excluding hydrogens is 526 g/mol. The number of nitrogens with one attached hydrogen (secondary N) is 1. The predicted molar refractivity (Wildman–Crippen MR) is 118 cm³/mol. The number of halogens is 2. The molecule has 2 N–H and O–H groups in total. The second-order valence-corrected chi connectivity index (χ2v) is 7.46. The van der Waals surface area contributed by atoms with Crippen LogP contribution in [0.3, 0.4) is 0 Å². The van der Waals surface area contributed by atoms with Crippen molar-refractivity contribution in [1.29, 1.82) is 0 Å². The Morgan fingerprint density at radius 2 is 1.97 bits per heavy atom. The zero-order chi connectivity index (χ0) is 21.8. The van der Waals surface area contributed by atoms with Gasteiger partial charge in [-0.15, -0.1) is 4.68 Å². The number of fused-ring (bicyclic) bond motifs is 1. The van der Waals surface area contributed by atoms with E-state index >= 15 is 0 Å². The zero-order valence-corrected chi connectivity index (χ0v) is 18.7. The van der Waals surface area contributed by atoms with Gasteiger partial charge in [0, 0.05) is 10.0 Å². The van der Waals surface area contributed by atoms with Crippen LogP contribution in [0.4, 0.5) is 0 Å². The van der Waals surface area contributed by atoms with Crippen LogP contribution in [0.1, 0.15) is 12.5 Å². The van der Waals surface area contributed by atoms with E-state index in [0.717, 1.165) is 4.68 Å². The maximum atomic E-state index is 12.6. The normalized spacial score (nSPS) is 11.2. The molecule has 0 atom stereocenters. The number of carboxylic acids is 1. The van der Waals surface area contributed by atoms with Crippen molar-refractivity contribution in [2.45, 2.75) is 6.92 Å². The van der Waals surface area contributed by atoms with Crippen molar-refractivity contribution < 1.29 is 19.4 Å². The van der Waals surface area contributed by atoms with Crippen LogP contribution in [0, 0.1) is 0 Å². The van der Waals surface area contributed by atoms with E-state index in [9.17, 15) is 14.4 Å². The molecule has 1 heterocycles. The molecule has 0 unspecified atom stereocenters. The highest BCUT2D eigenvalue weighted by atomic mass is 79.9. The van der Waals surface area contributed by atoms with Gasteiger partial charge in [-0.1, -0.05) is 12.1 Å². The second-order valence-electron chi connectivity index (χ2n) is 5.87. The molecule has 0 saturated heterocycles. The van der Waals surface area contributed by atoms with Crippen molar-refractivity contribution >= 4 is 54.9 Å². The summed E-state index contributed by atoms with van der Waals surface area (Å²) in [5.74, 6) is -0.667. The Labute approximate surface area is 186 Å². The fourth-order valence-corrected chi connectivity index (χ4v) is 3.54. The van der Waals surface area contributed by atoms with Crippen molar-refractivity contribution in [2.75, 3.05) is 13.2 Å². The standard InChI is InChI=1S/C19H15Br2N3O6/c1-2-29-13-7-10(15(20)16(21)17(13)30-9-14(25)26)8-22-24-18(27)11-5-3-4-6-12(11)23-19(24)28/h3-8H,2,9H2,1H3,(H,23,28)(H,25,26). The van der Waals surface area contributed by atoms with Gasteiger partial charge in [0.2, 0.25) is 0 Å². The average molecular weight is 541 g/mol. The summed E-state index contributed by atoms with van der Waals surface area (Å²) in [6.07, 6.45) is 1.31. The molecule has 0 fully saturated rings. The van der Waals surface area contributed by atoms with Gasteiger partial charge in [0.15, 0.2) is 18.1 Å². The minimum Gasteiger partial charge on any atom is -0.490 e. The summed E-state index contributed by atoms with van der Waals surface area (Å²) in [5, 5.41) is 13.2. The van der Waals surface area contributed by atoms with Crippen molar-refractivity contribution in [3.63, 3.8) is 0 Å². The van der Waals surface area contributed by atoms with Crippen LogP contribution in [-0.2, 0) is 4.79 Å². The number of nitrogens with zero attached hydrogens (tertiary/aromatic N) is 2. The van der Waals surface area contributed by atoms with Crippen molar-refractivity contribution in [2.24, 2.45) is 5.10 Å². The number of aromatic amines is 1. The Balaban J connectivity index is 2.08. The molecule has 3 aromatic rings. The van der Waals surface area contributed by atoms with Crippen LogP contribution in [0.5, 0.6) is 11.5 Å². The largest absolute Gasteiger partial charge is 0.490 e. The highest BCUT2D eigenvalue weighted by Gasteiger charge is 2.18. The number of hydrogen-bond acceptors (Lipinski definition) is 6. The first-order valence-electron chi connectivity index (χ1n) is 8.61. The van der Waals surface area contributed by atoms with E-state index in [1.54, 1.807) is 37.3 Å². The number of ether oxygens (including phenoxy) is 2. The number of para-hydroxylation sites is 1. The molecule has 0 radical (unpaired) electrons. The van der Waals surface area contributed by atoms with Gasteiger partial charge in [-0.2, -0.15) is 5.10 Å². The Kier molecular flexibility index (Phi) is 6.73. The Morgan fingerprint density at radius 3 is 2.67 bits per heavy atom. The van der Waals surface area contributed by atoms with E-state index in [2.05, 4.69) is 41.9 Å². The van der Waals surface area contributed by atoms with Gasteiger partial charge in [0.25, 0.3) is 5.56 Å². The summed E-state index contributed by atoms with van der Waals surface area (Å²) < 4.78 is 12.4. The fourth-order valence-electron chi connectivity index (χ4n) is 2.61. The van der Waals surface area contributed by atoms with Crippen LogP contribution < -0.4 is 20.7 Å². The van der Waals surface area contributed by atoms with Crippen LogP contribution in [0.2, 0.25) is 0 Å². The lowest BCUT2D eigenvalue weighted by Crippen LogP contribution is -2.32. The highest BCUT2D eigenvalue weighted by Crippen LogP contribution is 2.42. The Hall–Kier alpha value is -2.92. The van der Waals surface area contributed by atoms with Crippen LogP contribution >= 0.6 is 31.9 Å². The van der Waals surface area contributed by atoms with Gasteiger partial charge in [0.1, 0.15) is 0 Å². The molecule has 1 aromatic heterocycles. The van der Waals surface area contributed by atoms with Gasteiger partial charge in [-0.05, 0) is 57.0 Å². The van der Waals surface area contributed by atoms with E-state index in [0.29, 0.717) is 32.0 Å². The first kappa shape index (κ1) is 21.8. The third kappa shape index (κ3) is 4.46. The molecule has 3 rings (SSSR count). The minimum absolute atomic E-state index is 0.198. The molecule has 9 nitrogen and oxygen atoms in total. The number of hydrogen-bond donors (Lipinski definition) is 2. The third-order valence-electron chi connectivity index (χ3n) is 3.89.